The van der Waals surface area contributed by atoms with Crippen LogP contribution in [0.1, 0.15) is 36.1 Å². The molecule has 0 N–H and O–H groups in total. The number of nitrogens with zero attached hydrogens (tertiary/aromatic N) is 4. The summed E-state index contributed by atoms with van der Waals surface area (Å²) < 4.78 is 0. The third kappa shape index (κ3) is 5.70. The first kappa shape index (κ1) is 26.5. The molecule has 0 radical (unpaired) electrons. The fraction of sp³-hybridized carbons (Fsp3) is 0.188. The van der Waals surface area contributed by atoms with Crippen molar-refractivity contribution < 1.29 is 9.59 Å². The molecule has 0 aliphatic heterocycles. The molecule has 0 spiro atoms. The second-order valence-corrected chi connectivity index (χ2v) is 9.58. The van der Waals surface area contributed by atoms with Crippen molar-refractivity contribution >= 4 is 34.6 Å². The normalized spacial score (nSPS) is 10.6. The van der Waals surface area contributed by atoms with Crippen LogP contribution in [-0.4, -0.2) is 11.8 Å². The van der Waals surface area contributed by atoms with Crippen LogP contribution in [0, 0.1) is 27.7 Å². The molecule has 0 bridgehead atoms. The zero-order valence-corrected chi connectivity index (χ0v) is 22.8. The van der Waals surface area contributed by atoms with E-state index in [1.807, 2.05) is 125 Å². The van der Waals surface area contributed by atoms with Crippen LogP contribution in [0.4, 0.5) is 22.7 Å². The Morgan fingerprint density at radius 3 is 0.816 bits per heavy atom. The first-order valence-electron chi connectivity index (χ1n) is 12.6. The number of carbonyl (C=O) groups excluding carboxylic acids is 2. The number of hydrazine groups is 3. The molecule has 0 aromatic heterocycles. The molecule has 38 heavy (non-hydrogen) atoms. The van der Waals surface area contributed by atoms with Gasteiger partial charge in [-0.3, -0.25) is 9.59 Å². The summed E-state index contributed by atoms with van der Waals surface area (Å²) >= 11 is 0. The van der Waals surface area contributed by atoms with Crippen molar-refractivity contribution in [2.75, 3.05) is 20.3 Å². The minimum atomic E-state index is -0.209. The average molecular weight is 507 g/mol. The minimum Gasteiger partial charge on any atom is -0.273 e. The molecule has 4 rings (SSSR count). The Bertz CT molecular complexity index is 1290. The van der Waals surface area contributed by atoms with Crippen molar-refractivity contribution in [3.63, 3.8) is 0 Å². The Labute approximate surface area is 225 Å². The monoisotopic (exact) mass is 506 g/mol. The van der Waals surface area contributed by atoms with Gasteiger partial charge in [-0.25, -0.2) is 10.0 Å². The van der Waals surface area contributed by atoms with Crippen LogP contribution in [-0.2, 0) is 9.59 Å². The Balaban J connectivity index is 2.03. The fourth-order valence-corrected chi connectivity index (χ4v) is 4.20. The predicted molar refractivity (Wildman–Crippen MR) is 156 cm³/mol. The highest BCUT2D eigenvalue weighted by molar-refractivity contribution is 5.99. The largest absolute Gasteiger partial charge is 0.273 e. The zero-order valence-electron chi connectivity index (χ0n) is 22.8. The van der Waals surface area contributed by atoms with Crippen LogP contribution >= 0.6 is 0 Å². The van der Waals surface area contributed by atoms with E-state index in [1.54, 1.807) is 20.3 Å². The highest BCUT2D eigenvalue weighted by Crippen LogP contribution is 2.33. The van der Waals surface area contributed by atoms with E-state index in [-0.39, 0.29) is 11.8 Å². The molecular weight excluding hydrogens is 472 g/mol. The van der Waals surface area contributed by atoms with Crippen LogP contribution in [0.15, 0.2) is 97.1 Å². The molecule has 6 heteroatoms. The molecule has 0 saturated carbocycles. The Hall–Kier alpha value is -4.58. The van der Waals surface area contributed by atoms with Crippen molar-refractivity contribution in [1.82, 2.24) is 0 Å². The van der Waals surface area contributed by atoms with E-state index in [9.17, 15) is 9.59 Å². The molecule has 194 valence electrons. The van der Waals surface area contributed by atoms with E-state index in [1.165, 1.54) is 13.8 Å². The maximum absolute atomic E-state index is 13.4. The summed E-state index contributed by atoms with van der Waals surface area (Å²) in [6.07, 6.45) is 0. The zero-order chi connectivity index (χ0) is 27.4. The molecular formula is C32H34N4O2. The molecule has 0 aliphatic rings. The summed E-state index contributed by atoms with van der Waals surface area (Å²) in [5.41, 5.74) is 7.11. The topological polar surface area (TPSA) is 47.1 Å². The summed E-state index contributed by atoms with van der Waals surface area (Å²) in [7, 11) is 0. The number of amides is 2. The van der Waals surface area contributed by atoms with Crippen molar-refractivity contribution in [2.24, 2.45) is 0 Å². The van der Waals surface area contributed by atoms with E-state index < -0.39 is 0 Å². The molecule has 0 unspecified atom stereocenters. The number of rotatable bonds is 7. The minimum absolute atomic E-state index is 0.209. The molecule has 4 aromatic rings. The van der Waals surface area contributed by atoms with Crippen molar-refractivity contribution in [3.8, 4) is 0 Å². The van der Waals surface area contributed by atoms with Gasteiger partial charge in [0.1, 0.15) is 0 Å². The van der Waals surface area contributed by atoms with Crippen molar-refractivity contribution in [1.29, 1.82) is 0 Å². The van der Waals surface area contributed by atoms with Crippen LogP contribution in [0.3, 0.4) is 0 Å². The summed E-state index contributed by atoms with van der Waals surface area (Å²) in [4.78, 5) is 26.9. The summed E-state index contributed by atoms with van der Waals surface area (Å²) in [6, 6.07) is 31.3. The van der Waals surface area contributed by atoms with Crippen molar-refractivity contribution in [3.05, 3.63) is 119 Å². The van der Waals surface area contributed by atoms with Crippen LogP contribution in [0.5, 0.6) is 0 Å². The first-order chi connectivity index (χ1) is 18.2. The molecule has 0 saturated heterocycles. The van der Waals surface area contributed by atoms with Gasteiger partial charge in [0.2, 0.25) is 11.8 Å². The average Bonchev–Trinajstić information content (AvgIpc) is 2.88. The van der Waals surface area contributed by atoms with Crippen molar-refractivity contribution in [2.45, 2.75) is 41.5 Å². The Kier molecular flexibility index (Phi) is 7.82. The lowest BCUT2D eigenvalue weighted by atomic mass is 10.2. The number of hydrogen-bond donors (Lipinski definition) is 0. The SMILES string of the molecule is CC(=O)N(c1ccc(C)cc1)N(c1ccc(C)cc1)N(c1ccc(C)cc1)N(C(C)=O)c1ccc(C)cc1. The quantitative estimate of drug-likeness (QED) is 0.251. The fourth-order valence-electron chi connectivity index (χ4n) is 4.20. The summed E-state index contributed by atoms with van der Waals surface area (Å²) in [5.74, 6) is -0.419. The van der Waals surface area contributed by atoms with Gasteiger partial charge in [-0.2, -0.15) is 10.2 Å². The van der Waals surface area contributed by atoms with Crippen LogP contribution < -0.4 is 20.3 Å². The third-order valence-electron chi connectivity index (χ3n) is 6.24. The van der Waals surface area contributed by atoms with Gasteiger partial charge in [-0.15, -0.1) is 0 Å². The van der Waals surface area contributed by atoms with Gasteiger partial charge < -0.3 is 0 Å². The lowest BCUT2D eigenvalue weighted by Gasteiger charge is -2.47. The van der Waals surface area contributed by atoms with Gasteiger partial charge in [0.15, 0.2) is 0 Å². The van der Waals surface area contributed by atoms with Gasteiger partial charge in [-0.05, 0) is 76.2 Å². The van der Waals surface area contributed by atoms with Gasteiger partial charge in [-0.1, -0.05) is 70.8 Å². The molecule has 0 atom stereocenters. The van der Waals surface area contributed by atoms with E-state index in [2.05, 4.69) is 0 Å². The lowest BCUT2D eigenvalue weighted by Crippen LogP contribution is -2.64. The number of aryl methyl sites for hydroxylation is 4. The maximum Gasteiger partial charge on any atom is 0.244 e. The smallest absolute Gasteiger partial charge is 0.244 e. The predicted octanol–water partition coefficient (Wildman–Crippen LogP) is 7.08. The van der Waals surface area contributed by atoms with E-state index >= 15 is 0 Å². The lowest BCUT2D eigenvalue weighted by molar-refractivity contribution is -0.118. The molecule has 6 nitrogen and oxygen atoms in total. The van der Waals surface area contributed by atoms with Gasteiger partial charge in [0.05, 0.1) is 22.7 Å². The number of carbonyl (C=O) groups is 2. The summed E-state index contributed by atoms with van der Waals surface area (Å²) in [5, 5.41) is 6.71. The highest BCUT2D eigenvalue weighted by Gasteiger charge is 2.34. The van der Waals surface area contributed by atoms with E-state index in [0.717, 1.165) is 22.3 Å². The molecule has 0 fully saturated rings. The molecule has 0 aliphatic carbocycles. The second-order valence-electron chi connectivity index (χ2n) is 9.58. The third-order valence-corrected chi connectivity index (χ3v) is 6.24. The highest BCUT2D eigenvalue weighted by atomic mass is 16.2. The van der Waals surface area contributed by atoms with Gasteiger partial charge in [0.25, 0.3) is 0 Å². The van der Waals surface area contributed by atoms with E-state index in [0.29, 0.717) is 22.7 Å². The molecule has 0 heterocycles. The van der Waals surface area contributed by atoms with Crippen LogP contribution in [0.25, 0.3) is 0 Å². The van der Waals surface area contributed by atoms with Gasteiger partial charge >= 0.3 is 0 Å². The number of benzene rings is 4. The molecule has 4 aromatic carbocycles. The standard InChI is InChI=1S/C32H34N4O2/c1-23-7-15-29(16-8-23)33(27(5)37)35(31-19-11-25(3)12-20-31)36(32-21-13-26(4)14-22-32)34(28(6)38)30-17-9-24(2)10-18-30/h7-22H,1-6H3. The van der Waals surface area contributed by atoms with Crippen LogP contribution in [0.2, 0.25) is 0 Å². The second kappa shape index (κ2) is 11.2. The number of hydrogen-bond acceptors (Lipinski definition) is 4. The first-order valence-corrected chi connectivity index (χ1v) is 12.6. The summed E-state index contributed by atoms with van der Waals surface area (Å²) in [6.45, 7) is 11.1. The Morgan fingerprint density at radius 2 is 0.605 bits per heavy atom. The van der Waals surface area contributed by atoms with E-state index in [4.69, 9.17) is 0 Å². The molecule has 2 amide bonds. The van der Waals surface area contributed by atoms with Gasteiger partial charge in [0, 0.05) is 13.8 Å². The maximum atomic E-state index is 13.4. The number of anilines is 4. The Morgan fingerprint density at radius 1 is 0.395 bits per heavy atom.